The van der Waals surface area contributed by atoms with Crippen LogP contribution in [0.3, 0.4) is 0 Å². The van der Waals surface area contributed by atoms with Gasteiger partial charge in [0.05, 0.1) is 24.7 Å². The molecule has 1 amide bonds. The molecule has 2 N–H and O–H groups in total. The molecule has 0 saturated carbocycles. The Morgan fingerprint density at radius 2 is 1.86 bits per heavy atom. The molecule has 0 saturated heterocycles. The van der Waals surface area contributed by atoms with E-state index in [-0.39, 0.29) is 11.9 Å². The number of methoxy groups -OCH3 is 1. The highest BCUT2D eigenvalue weighted by atomic mass is 16.5. The fraction of sp³-hybridized carbons (Fsp3) is 0.591. The van der Waals surface area contributed by atoms with E-state index in [4.69, 9.17) is 4.74 Å². The Hall–Kier alpha value is -2.57. The fourth-order valence-corrected chi connectivity index (χ4v) is 3.57. The number of hydrogen-bond acceptors (Lipinski definition) is 5. The van der Waals surface area contributed by atoms with E-state index in [9.17, 15) is 9.59 Å². The minimum atomic E-state index is -0.488. The molecule has 0 radical (unpaired) electrons. The van der Waals surface area contributed by atoms with Crippen molar-refractivity contribution in [2.45, 2.75) is 67.0 Å². The number of ether oxygens (including phenoxy) is 1. The first-order valence-corrected chi connectivity index (χ1v) is 10.3. The lowest BCUT2D eigenvalue weighted by Gasteiger charge is -2.17. The van der Waals surface area contributed by atoms with Gasteiger partial charge in [0, 0.05) is 24.9 Å². The summed E-state index contributed by atoms with van der Waals surface area (Å²) in [7, 11) is 1.35. The Morgan fingerprint density at radius 3 is 2.41 bits per heavy atom. The quantitative estimate of drug-likeness (QED) is 0.595. The average molecular weight is 403 g/mol. The van der Waals surface area contributed by atoms with Crippen LogP contribution >= 0.6 is 0 Å². The molecule has 2 aromatic heterocycles. The van der Waals surface area contributed by atoms with Gasteiger partial charge in [0.25, 0.3) is 0 Å². The lowest BCUT2D eigenvalue weighted by Crippen LogP contribution is -2.17. The predicted molar refractivity (Wildman–Crippen MR) is 117 cm³/mol. The van der Waals surface area contributed by atoms with Gasteiger partial charge in [0.2, 0.25) is 5.91 Å². The molecule has 2 aromatic rings. The summed E-state index contributed by atoms with van der Waals surface area (Å²) in [4.78, 5) is 29.1. The van der Waals surface area contributed by atoms with Crippen LogP contribution in [0.25, 0.3) is 11.0 Å². The van der Waals surface area contributed by atoms with Crippen molar-refractivity contribution in [3.63, 3.8) is 0 Å². The average Bonchev–Trinajstić information content (AvgIpc) is 2.91. The topological polar surface area (TPSA) is 85.2 Å². The summed E-state index contributed by atoms with van der Waals surface area (Å²) < 4.78 is 6.87. The number of rotatable bonds is 9. The van der Waals surface area contributed by atoms with E-state index in [0.29, 0.717) is 35.4 Å². The van der Waals surface area contributed by atoms with Crippen LogP contribution in [0.4, 0.5) is 11.4 Å². The molecule has 0 aliphatic heterocycles. The Balaban J connectivity index is 2.60. The molecule has 1 atom stereocenters. The zero-order chi connectivity index (χ0) is 21.7. The first kappa shape index (κ1) is 22.7. The molecule has 0 fully saturated rings. The Bertz CT molecular complexity index is 871. The van der Waals surface area contributed by atoms with E-state index in [1.165, 1.54) is 14.0 Å². The van der Waals surface area contributed by atoms with Crippen molar-refractivity contribution in [2.75, 3.05) is 17.7 Å². The second-order valence-corrected chi connectivity index (χ2v) is 8.50. The molecule has 29 heavy (non-hydrogen) atoms. The van der Waals surface area contributed by atoms with E-state index in [1.807, 2.05) is 10.6 Å². The Labute approximate surface area is 173 Å². The normalized spacial score (nSPS) is 12.4. The first-order valence-electron chi connectivity index (χ1n) is 10.3. The standard InChI is InChI=1S/C22H34N4O3/c1-13(2)8-9-26-20(22(28)29-7)19(25-16(6)27)18-11-17(12-23-21(18)26)24-15(5)10-14(3)4/h11-15,24H,8-10H2,1-7H3,(H,25,27)/t15-/m0/s1. The number of carbonyl (C=O) groups is 2. The molecule has 2 heterocycles. The van der Waals surface area contributed by atoms with E-state index < -0.39 is 5.97 Å². The highest BCUT2D eigenvalue weighted by molar-refractivity contribution is 6.10. The van der Waals surface area contributed by atoms with Crippen molar-refractivity contribution >= 4 is 34.3 Å². The maximum Gasteiger partial charge on any atom is 0.356 e. The number of nitrogens with zero attached hydrogens (tertiary/aromatic N) is 2. The van der Waals surface area contributed by atoms with Gasteiger partial charge < -0.3 is 19.9 Å². The lowest BCUT2D eigenvalue weighted by atomic mass is 10.1. The van der Waals surface area contributed by atoms with Gasteiger partial charge in [-0.3, -0.25) is 4.79 Å². The van der Waals surface area contributed by atoms with Crippen molar-refractivity contribution in [3.05, 3.63) is 18.0 Å². The maximum absolute atomic E-state index is 12.6. The zero-order valence-electron chi connectivity index (χ0n) is 18.6. The second kappa shape index (κ2) is 9.76. The van der Waals surface area contributed by atoms with Crippen LogP contribution in [0, 0.1) is 11.8 Å². The van der Waals surface area contributed by atoms with Gasteiger partial charge in [-0.15, -0.1) is 0 Å². The first-order chi connectivity index (χ1) is 13.6. The number of fused-ring (bicyclic) bond motifs is 1. The maximum atomic E-state index is 12.6. The van der Waals surface area contributed by atoms with E-state index in [0.717, 1.165) is 23.9 Å². The molecule has 0 aromatic carbocycles. The minimum absolute atomic E-state index is 0.246. The van der Waals surface area contributed by atoms with Crippen molar-refractivity contribution in [1.82, 2.24) is 9.55 Å². The third-order valence-corrected chi connectivity index (χ3v) is 4.75. The number of carbonyl (C=O) groups excluding carboxylic acids is 2. The monoisotopic (exact) mass is 402 g/mol. The third kappa shape index (κ3) is 5.71. The largest absolute Gasteiger partial charge is 0.464 e. The summed E-state index contributed by atoms with van der Waals surface area (Å²) in [5.41, 5.74) is 2.31. The molecular weight excluding hydrogens is 368 g/mol. The van der Waals surface area contributed by atoms with Crippen LogP contribution in [0.15, 0.2) is 12.3 Å². The summed E-state index contributed by atoms with van der Waals surface area (Å²) in [6, 6.07) is 2.23. The number of hydrogen-bond donors (Lipinski definition) is 2. The van der Waals surface area contributed by atoms with Crippen molar-refractivity contribution in [3.8, 4) is 0 Å². The molecule has 160 valence electrons. The Kier molecular flexibility index (Phi) is 7.65. The third-order valence-electron chi connectivity index (χ3n) is 4.75. The highest BCUT2D eigenvalue weighted by Crippen LogP contribution is 2.33. The molecule has 0 unspecified atom stereocenters. The van der Waals surface area contributed by atoms with Gasteiger partial charge in [-0.2, -0.15) is 0 Å². The fourth-order valence-electron chi connectivity index (χ4n) is 3.57. The molecule has 0 aliphatic rings. The molecule has 0 bridgehead atoms. The molecule has 7 nitrogen and oxygen atoms in total. The number of anilines is 2. The van der Waals surface area contributed by atoms with Crippen LogP contribution in [-0.4, -0.2) is 34.6 Å². The number of pyridine rings is 1. The summed E-state index contributed by atoms with van der Waals surface area (Å²) in [6.45, 7) is 12.8. The number of aromatic nitrogens is 2. The van der Waals surface area contributed by atoms with Crippen molar-refractivity contribution in [2.24, 2.45) is 11.8 Å². The number of amides is 1. The smallest absolute Gasteiger partial charge is 0.356 e. The van der Waals surface area contributed by atoms with Gasteiger partial charge in [-0.25, -0.2) is 9.78 Å². The molecule has 0 spiro atoms. The Morgan fingerprint density at radius 1 is 1.17 bits per heavy atom. The number of esters is 1. The molecule has 0 aliphatic carbocycles. The van der Waals surface area contributed by atoms with Crippen LogP contribution in [0.1, 0.15) is 64.9 Å². The van der Waals surface area contributed by atoms with Crippen molar-refractivity contribution in [1.29, 1.82) is 0 Å². The van der Waals surface area contributed by atoms with Crippen LogP contribution in [0.2, 0.25) is 0 Å². The van der Waals surface area contributed by atoms with Gasteiger partial charge in [0.1, 0.15) is 5.65 Å². The number of aryl methyl sites for hydroxylation is 1. The van der Waals surface area contributed by atoms with E-state index >= 15 is 0 Å². The second-order valence-electron chi connectivity index (χ2n) is 8.50. The number of nitrogens with one attached hydrogen (secondary N) is 2. The van der Waals surface area contributed by atoms with Crippen LogP contribution in [-0.2, 0) is 16.1 Å². The van der Waals surface area contributed by atoms with Crippen molar-refractivity contribution < 1.29 is 14.3 Å². The van der Waals surface area contributed by atoms with Gasteiger partial charge in [0.15, 0.2) is 5.69 Å². The van der Waals surface area contributed by atoms with Crippen LogP contribution in [0.5, 0.6) is 0 Å². The summed E-state index contributed by atoms with van der Waals surface area (Å²) >= 11 is 0. The van der Waals surface area contributed by atoms with Gasteiger partial charge in [-0.1, -0.05) is 27.7 Å². The highest BCUT2D eigenvalue weighted by Gasteiger charge is 2.25. The lowest BCUT2D eigenvalue weighted by molar-refractivity contribution is -0.114. The molecular formula is C22H34N4O3. The molecule has 2 rings (SSSR count). The molecule has 7 heteroatoms. The van der Waals surface area contributed by atoms with Gasteiger partial charge >= 0.3 is 5.97 Å². The minimum Gasteiger partial charge on any atom is -0.464 e. The summed E-state index contributed by atoms with van der Waals surface area (Å²) in [5, 5.41) is 7.02. The zero-order valence-corrected chi connectivity index (χ0v) is 18.6. The van der Waals surface area contributed by atoms with Gasteiger partial charge in [-0.05, 0) is 37.7 Å². The summed E-state index contributed by atoms with van der Waals surface area (Å²) in [5.74, 6) is 0.301. The summed E-state index contributed by atoms with van der Waals surface area (Å²) in [6.07, 6.45) is 3.68. The SMILES string of the molecule is COC(=O)c1c(NC(C)=O)c2cc(N[C@@H](C)CC(C)C)cnc2n1CCC(C)C. The van der Waals surface area contributed by atoms with E-state index in [1.54, 1.807) is 6.20 Å². The van der Waals surface area contributed by atoms with Crippen LogP contribution < -0.4 is 10.6 Å². The van der Waals surface area contributed by atoms with E-state index in [2.05, 4.69) is 50.2 Å². The predicted octanol–water partition coefficient (Wildman–Crippen LogP) is 4.67.